The van der Waals surface area contributed by atoms with Crippen molar-refractivity contribution in [3.05, 3.63) is 24.4 Å². The van der Waals surface area contributed by atoms with E-state index in [4.69, 9.17) is 4.74 Å². The molecule has 5 nitrogen and oxygen atoms in total. The van der Waals surface area contributed by atoms with Gasteiger partial charge in [0, 0.05) is 26.3 Å². The number of likely N-dealkylation sites (N-methyl/N-ethyl adjacent to an activating group) is 1. The number of carbonyl (C=O) groups excluding carboxylic acids is 1. The Morgan fingerprint density at radius 2 is 2.17 bits per heavy atom. The van der Waals surface area contributed by atoms with Crippen LogP contribution in [0.3, 0.4) is 0 Å². The number of pyridine rings is 1. The Balaban J connectivity index is 2.29. The van der Waals surface area contributed by atoms with Gasteiger partial charge in [0.15, 0.2) is 0 Å². The first-order valence-electron chi connectivity index (χ1n) is 5.97. The molecule has 0 saturated carbocycles. The zero-order valence-corrected chi connectivity index (χ0v) is 11.4. The van der Waals surface area contributed by atoms with Gasteiger partial charge < -0.3 is 15.0 Å². The van der Waals surface area contributed by atoms with E-state index in [1.54, 1.807) is 18.1 Å². The number of anilines is 1. The molecule has 0 unspecified atom stereocenters. The first-order valence-corrected chi connectivity index (χ1v) is 5.97. The van der Waals surface area contributed by atoms with Crippen LogP contribution in [0.2, 0.25) is 0 Å². The van der Waals surface area contributed by atoms with Crippen LogP contribution in [0.5, 0.6) is 0 Å². The molecule has 1 heterocycles. The second kappa shape index (κ2) is 6.23. The molecule has 0 aliphatic rings. The maximum atomic E-state index is 11.7. The van der Waals surface area contributed by atoms with Crippen LogP contribution < -0.4 is 5.32 Å². The van der Waals surface area contributed by atoms with Crippen molar-refractivity contribution in [2.45, 2.75) is 26.4 Å². The van der Waals surface area contributed by atoms with Crippen LogP contribution in [0.25, 0.3) is 0 Å². The quantitative estimate of drug-likeness (QED) is 0.892. The molecule has 1 aromatic rings. The van der Waals surface area contributed by atoms with Gasteiger partial charge in [-0.15, -0.1) is 0 Å². The Hall–Kier alpha value is -1.78. The summed E-state index contributed by atoms with van der Waals surface area (Å²) in [7, 11) is 1.72. The lowest BCUT2D eigenvalue weighted by molar-refractivity contribution is 0.0305. The topological polar surface area (TPSA) is 54.5 Å². The van der Waals surface area contributed by atoms with Crippen molar-refractivity contribution in [2.75, 3.05) is 25.5 Å². The number of ether oxygens (including phenoxy) is 1. The maximum absolute atomic E-state index is 11.7. The summed E-state index contributed by atoms with van der Waals surface area (Å²) in [4.78, 5) is 17.3. The molecule has 0 saturated heterocycles. The third kappa shape index (κ3) is 5.52. The number of amides is 1. The van der Waals surface area contributed by atoms with Gasteiger partial charge in [0.2, 0.25) is 0 Å². The van der Waals surface area contributed by atoms with E-state index in [1.165, 1.54) is 0 Å². The van der Waals surface area contributed by atoms with Crippen molar-refractivity contribution in [1.82, 2.24) is 9.88 Å². The van der Waals surface area contributed by atoms with E-state index in [2.05, 4.69) is 10.3 Å². The molecule has 1 rings (SSSR count). The van der Waals surface area contributed by atoms with Crippen LogP contribution in [0.15, 0.2) is 24.4 Å². The highest BCUT2D eigenvalue weighted by Gasteiger charge is 2.18. The molecule has 1 N–H and O–H groups in total. The van der Waals surface area contributed by atoms with Crippen LogP contribution in [0.1, 0.15) is 20.8 Å². The van der Waals surface area contributed by atoms with E-state index in [1.807, 2.05) is 39.0 Å². The van der Waals surface area contributed by atoms with Crippen LogP contribution in [-0.2, 0) is 4.74 Å². The Morgan fingerprint density at radius 1 is 1.44 bits per heavy atom. The van der Waals surface area contributed by atoms with Gasteiger partial charge in [0.25, 0.3) is 0 Å². The van der Waals surface area contributed by atoms with Gasteiger partial charge in [0.1, 0.15) is 11.4 Å². The lowest BCUT2D eigenvalue weighted by atomic mass is 10.2. The average Bonchev–Trinajstić information content (AvgIpc) is 2.28. The predicted octanol–water partition coefficient (Wildman–Crippen LogP) is 2.36. The molecule has 0 spiro atoms. The van der Waals surface area contributed by atoms with Crippen molar-refractivity contribution in [1.29, 1.82) is 0 Å². The molecule has 100 valence electrons. The molecule has 0 radical (unpaired) electrons. The summed E-state index contributed by atoms with van der Waals surface area (Å²) in [5.41, 5.74) is -0.459. The third-order valence-electron chi connectivity index (χ3n) is 2.12. The van der Waals surface area contributed by atoms with E-state index >= 15 is 0 Å². The summed E-state index contributed by atoms with van der Waals surface area (Å²) < 4.78 is 5.25. The molecule has 0 aliphatic heterocycles. The molecule has 0 fully saturated rings. The van der Waals surface area contributed by atoms with Crippen LogP contribution >= 0.6 is 0 Å². The van der Waals surface area contributed by atoms with E-state index in [0.29, 0.717) is 13.1 Å². The molecule has 1 aromatic heterocycles. The van der Waals surface area contributed by atoms with Crippen molar-refractivity contribution >= 4 is 11.9 Å². The first kappa shape index (κ1) is 14.3. The van der Waals surface area contributed by atoms with Crippen LogP contribution in [0.4, 0.5) is 10.6 Å². The predicted molar refractivity (Wildman–Crippen MR) is 71.6 cm³/mol. The number of carbonyl (C=O) groups is 1. The smallest absolute Gasteiger partial charge is 0.410 e. The number of nitrogens with zero attached hydrogens (tertiary/aromatic N) is 2. The summed E-state index contributed by atoms with van der Waals surface area (Å²) in [6, 6.07) is 5.65. The third-order valence-corrected chi connectivity index (χ3v) is 2.12. The molecule has 0 atom stereocenters. The van der Waals surface area contributed by atoms with Gasteiger partial charge >= 0.3 is 6.09 Å². The zero-order chi connectivity index (χ0) is 13.6. The second-order valence-corrected chi connectivity index (χ2v) is 5.04. The van der Waals surface area contributed by atoms with Gasteiger partial charge in [0.05, 0.1) is 0 Å². The van der Waals surface area contributed by atoms with Gasteiger partial charge in [-0.05, 0) is 32.9 Å². The van der Waals surface area contributed by atoms with Crippen molar-refractivity contribution in [3.8, 4) is 0 Å². The van der Waals surface area contributed by atoms with Gasteiger partial charge in [-0.3, -0.25) is 0 Å². The number of hydrogen-bond acceptors (Lipinski definition) is 4. The van der Waals surface area contributed by atoms with E-state index in [9.17, 15) is 4.79 Å². The van der Waals surface area contributed by atoms with Crippen molar-refractivity contribution < 1.29 is 9.53 Å². The zero-order valence-electron chi connectivity index (χ0n) is 11.4. The fraction of sp³-hybridized carbons (Fsp3) is 0.538. The molecule has 5 heteroatoms. The van der Waals surface area contributed by atoms with E-state index < -0.39 is 5.60 Å². The van der Waals surface area contributed by atoms with Gasteiger partial charge in [-0.1, -0.05) is 6.07 Å². The van der Waals surface area contributed by atoms with Crippen molar-refractivity contribution in [2.24, 2.45) is 0 Å². The highest BCUT2D eigenvalue weighted by molar-refractivity contribution is 5.67. The normalized spacial score (nSPS) is 10.9. The second-order valence-electron chi connectivity index (χ2n) is 5.04. The fourth-order valence-electron chi connectivity index (χ4n) is 1.25. The summed E-state index contributed by atoms with van der Waals surface area (Å²) in [6.07, 6.45) is 1.41. The fourth-order valence-corrected chi connectivity index (χ4v) is 1.25. The maximum Gasteiger partial charge on any atom is 0.410 e. The Labute approximate surface area is 108 Å². The highest BCUT2D eigenvalue weighted by atomic mass is 16.6. The molecule has 0 aromatic carbocycles. The average molecular weight is 251 g/mol. The van der Waals surface area contributed by atoms with Gasteiger partial charge in [-0.2, -0.15) is 0 Å². The summed E-state index contributed by atoms with van der Waals surface area (Å²) in [5.74, 6) is 0.801. The number of rotatable bonds is 4. The molecular formula is C13H21N3O2. The summed E-state index contributed by atoms with van der Waals surface area (Å²) >= 11 is 0. The van der Waals surface area contributed by atoms with Crippen molar-refractivity contribution in [3.63, 3.8) is 0 Å². The lowest BCUT2D eigenvalue weighted by Crippen LogP contribution is -2.36. The first-order chi connectivity index (χ1) is 8.38. The molecule has 18 heavy (non-hydrogen) atoms. The number of aromatic nitrogens is 1. The minimum Gasteiger partial charge on any atom is -0.444 e. The Kier molecular flexibility index (Phi) is 4.95. The Morgan fingerprint density at radius 3 is 2.72 bits per heavy atom. The monoisotopic (exact) mass is 251 g/mol. The molecule has 1 amide bonds. The largest absolute Gasteiger partial charge is 0.444 e. The summed E-state index contributed by atoms with van der Waals surface area (Å²) in [5, 5.41) is 3.13. The minimum atomic E-state index is -0.459. The molecular weight excluding hydrogens is 230 g/mol. The number of hydrogen-bond donors (Lipinski definition) is 1. The van der Waals surface area contributed by atoms with Crippen LogP contribution in [-0.4, -0.2) is 41.7 Å². The van der Waals surface area contributed by atoms with E-state index in [-0.39, 0.29) is 6.09 Å². The van der Waals surface area contributed by atoms with Gasteiger partial charge in [-0.25, -0.2) is 9.78 Å². The standard InChI is InChI=1S/C13H21N3O2/c1-13(2,3)18-12(17)16(4)10-9-15-11-7-5-6-8-14-11/h5-8H,9-10H2,1-4H3,(H,14,15). The van der Waals surface area contributed by atoms with Crippen LogP contribution in [0, 0.1) is 0 Å². The minimum absolute atomic E-state index is 0.315. The SMILES string of the molecule is CN(CCNc1ccccn1)C(=O)OC(C)(C)C. The summed E-state index contributed by atoms with van der Waals surface area (Å²) in [6.45, 7) is 6.75. The Bertz CT molecular complexity index is 374. The molecule has 0 aliphatic carbocycles. The molecule has 0 bridgehead atoms. The number of nitrogens with one attached hydrogen (secondary N) is 1. The highest BCUT2D eigenvalue weighted by Crippen LogP contribution is 2.08. The lowest BCUT2D eigenvalue weighted by Gasteiger charge is -2.24. The van der Waals surface area contributed by atoms with E-state index in [0.717, 1.165) is 5.82 Å².